The second kappa shape index (κ2) is 5.28. The van der Waals surface area contributed by atoms with E-state index >= 15 is 0 Å². The third-order valence-corrected chi connectivity index (χ3v) is 2.38. The normalized spacial score (nSPS) is 14.3. The lowest BCUT2D eigenvalue weighted by molar-refractivity contribution is -0.189. The number of benzene rings is 1. The molecule has 0 saturated carbocycles. The van der Waals surface area contributed by atoms with E-state index in [9.17, 15) is 26.3 Å². The van der Waals surface area contributed by atoms with Crippen LogP contribution in [0.1, 0.15) is 18.1 Å². The van der Waals surface area contributed by atoms with Crippen LogP contribution in [0.25, 0.3) is 0 Å². The van der Waals surface area contributed by atoms with E-state index in [0.29, 0.717) is 6.07 Å². The summed E-state index contributed by atoms with van der Waals surface area (Å²) in [5.41, 5.74) is 3.85. The summed E-state index contributed by atoms with van der Waals surface area (Å²) in [6.07, 6.45) is -11.3. The van der Waals surface area contributed by atoms with Gasteiger partial charge in [0, 0.05) is 6.54 Å². The van der Waals surface area contributed by atoms with Gasteiger partial charge in [-0.15, -0.1) is 0 Å². The van der Waals surface area contributed by atoms with Crippen molar-refractivity contribution in [3.63, 3.8) is 0 Å². The number of hydrogen-bond acceptors (Lipinski definition) is 2. The van der Waals surface area contributed by atoms with Crippen molar-refractivity contribution in [2.24, 2.45) is 5.73 Å². The molecule has 0 aliphatic carbocycles. The number of halogens is 6. The fourth-order valence-corrected chi connectivity index (χ4v) is 1.36. The molecule has 0 fully saturated rings. The van der Waals surface area contributed by atoms with Crippen molar-refractivity contribution in [1.82, 2.24) is 0 Å². The number of hydrogen-bond donors (Lipinski definition) is 1. The first-order chi connectivity index (χ1) is 8.55. The molecule has 0 saturated heterocycles. The smallest absolute Gasteiger partial charge is 0.425 e. The van der Waals surface area contributed by atoms with E-state index in [1.807, 2.05) is 0 Å². The molecule has 19 heavy (non-hydrogen) atoms. The zero-order valence-electron chi connectivity index (χ0n) is 9.77. The molecular weight excluding hydrogens is 276 g/mol. The SMILES string of the molecule is CC(Oc1ccc(C(F)(F)F)c(CN)c1)C(F)(F)F. The van der Waals surface area contributed by atoms with E-state index in [0.717, 1.165) is 19.1 Å². The molecule has 1 atom stereocenters. The lowest BCUT2D eigenvalue weighted by Gasteiger charge is -2.19. The minimum absolute atomic E-state index is 0.307. The lowest BCUT2D eigenvalue weighted by atomic mass is 10.1. The highest BCUT2D eigenvalue weighted by Crippen LogP contribution is 2.34. The van der Waals surface area contributed by atoms with Crippen LogP contribution in [0.3, 0.4) is 0 Å². The van der Waals surface area contributed by atoms with E-state index in [4.69, 9.17) is 5.73 Å². The van der Waals surface area contributed by atoms with Gasteiger partial charge in [0.15, 0.2) is 6.10 Å². The Morgan fingerprint density at radius 3 is 2.16 bits per heavy atom. The summed E-state index contributed by atoms with van der Waals surface area (Å²) in [4.78, 5) is 0. The Labute approximate surface area is 105 Å². The largest absolute Gasteiger partial charge is 0.481 e. The average Bonchev–Trinajstić information content (AvgIpc) is 2.26. The van der Waals surface area contributed by atoms with Crippen LogP contribution in [0.2, 0.25) is 0 Å². The standard InChI is InChI=1S/C11H11F6NO/c1-6(10(12,13)14)19-8-2-3-9(11(15,16)17)7(4-8)5-18/h2-4,6H,5,18H2,1H3. The molecule has 108 valence electrons. The summed E-state index contributed by atoms with van der Waals surface area (Å²) >= 11 is 0. The summed E-state index contributed by atoms with van der Waals surface area (Å²) in [6.45, 7) is 0.312. The number of nitrogens with two attached hydrogens (primary N) is 1. The second-order valence-corrected chi connectivity index (χ2v) is 3.82. The Morgan fingerprint density at radius 2 is 1.74 bits per heavy atom. The molecule has 1 rings (SSSR count). The minimum Gasteiger partial charge on any atom is -0.481 e. The van der Waals surface area contributed by atoms with Crippen LogP contribution in [0, 0.1) is 0 Å². The van der Waals surface area contributed by atoms with Crippen molar-refractivity contribution >= 4 is 0 Å². The van der Waals surface area contributed by atoms with E-state index in [1.54, 1.807) is 0 Å². The van der Waals surface area contributed by atoms with Crippen LogP contribution in [0.15, 0.2) is 18.2 Å². The monoisotopic (exact) mass is 287 g/mol. The molecule has 1 aromatic carbocycles. The second-order valence-electron chi connectivity index (χ2n) is 3.82. The minimum atomic E-state index is -4.61. The summed E-state index contributed by atoms with van der Waals surface area (Å²) < 4.78 is 78.9. The van der Waals surface area contributed by atoms with E-state index in [2.05, 4.69) is 4.74 Å². The number of ether oxygens (including phenoxy) is 1. The Kier molecular flexibility index (Phi) is 4.34. The summed E-state index contributed by atoms with van der Waals surface area (Å²) in [6, 6.07) is 2.36. The van der Waals surface area contributed by atoms with Crippen molar-refractivity contribution in [3.05, 3.63) is 29.3 Å². The first-order valence-corrected chi connectivity index (χ1v) is 5.19. The van der Waals surface area contributed by atoms with Gasteiger partial charge in [-0.25, -0.2) is 0 Å². The predicted octanol–water partition coefficient (Wildman–Crippen LogP) is 3.49. The number of alkyl halides is 6. The molecule has 2 nitrogen and oxygen atoms in total. The molecule has 0 heterocycles. The maximum absolute atomic E-state index is 12.5. The van der Waals surface area contributed by atoms with Crippen LogP contribution in [0.5, 0.6) is 5.75 Å². The Balaban J connectivity index is 3.02. The molecule has 2 N–H and O–H groups in total. The predicted molar refractivity (Wildman–Crippen MR) is 55.5 cm³/mol. The zero-order chi connectivity index (χ0) is 14.8. The quantitative estimate of drug-likeness (QED) is 0.864. The van der Waals surface area contributed by atoms with Gasteiger partial charge >= 0.3 is 12.4 Å². The van der Waals surface area contributed by atoms with E-state index in [1.165, 1.54) is 0 Å². The maximum Gasteiger partial charge on any atom is 0.425 e. The fourth-order valence-electron chi connectivity index (χ4n) is 1.36. The van der Waals surface area contributed by atoms with Gasteiger partial charge in [-0.3, -0.25) is 0 Å². The number of rotatable bonds is 3. The van der Waals surface area contributed by atoms with Gasteiger partial charge in [-0.1, -0.05) is 0 Å². The first-order valence-electron chi connectivity index (χ1n) is 5.19. The molecule has 8 heteroatoms. The molecule has 0 spiro atoms. The van der Waals surface area contributed by atoms with Gasteiger partial charge in [0.2, 0.25) is 0 Å². The molecule has 1 aromatic rings. The third-order valence-electron chi connectivity index (χ3n) is 2.38. The summed E-state index contributed by atoms with van der Waals surface area (Å²) in [7, 11) is 0. The van der Waals surface area contributed by atoms with Crippen LogP contribution >= 0.6 is 0 Å². The average molecular weight is 287 g/mol. The highest BCUT2D eigenvalue weighted by molar-refractivity contribution is 5.37. The van der Waals surface area contributed by atoms with Crippen molar-refractivity contribution < 1.29 is 31.1 Å². The lowest BCUT2D eigenvalue weighted by Crippen LogP contribution is -2.31. The fraction of sp³-hybridized carbons (Fsp3) is 0.455. The van der Waals surface area contributed by atoms with Crippen molar-refractivity contribution in [1.29, 1.82) is 0 Å². The summed E-state index contributed by atoms with van der Waals surface area (Å²) in [5, 5.41) is 0. The van der Waals surface area contributed by atoms with Gasteiger partial charge in [-0.2, -0.15) is 26.3 Å². The van der Waals surface area contributed by atoms with Gasteiger partial charge in [0.25, 0.3) is 0 Å². The third kappa shape index (κ3) is 4.02. The Morgan fingerprint density at radius 1 is 1.16 bits per heavy atom. The highest BCUT2D eigenvalue weighted by atomic mass is 19.4. The van der Waals surface area contributed by atoms with Gasteiger partial charge in [-0.05, 0) is 30.7 Å². The molecule has 1 unspecified atom stereocenters. The van der Waals surface area contributed by atoms with Crippen LogP contribution in [-0.2, 0) is 12.7 Å². The van der Waals surface area contributed by atoms with Crippen molar-refractivity contribution in [2.45, 2.75) is 31.9 Å². The van der Waals surface area contributed by atoms with E-state index < -0.39 is 30.6 Å². The van der Waals surface area contributed by atoms with Gasteiger partial charge in [0.1, 0.15) is 5.75 Å². The van der Waals surface area contributed by atoms with Crippen molar-refractivity contribution in [3.8, 4) is 5.75 Å². The molecule has 0 radical (unpaired) electrons. The highest BCUT2D eigenvalue weighted by Gasteiger charge is 2.38. The van der Waals surface area contributed by atoms with Crippen molar-refractivity contribution in [2.75, 3.05) is 0 Å². The zero-order valence-corrected chi connectivity index (χ0v) is 9.77. The van der Waals surface area contributed by atoms with Crippen LogP contribution < -0.4 is 10.5 Å². The Hall–Kier alpha value is -1.44. The van der Waals surface area contributed by atoms with Crippen LogP contribution in [0.4, 0.5) is 26.3 Å². The van der Waals surface area contributed by atoms with Crippen LogP contribution in [-0.4, -0.2) is 12.3 Å². The topological polar surface area (TPSA) is 35.2 Å². The molecule has 0 bridgehead atoms. The Bertz CT molecular complexity index is 440. The molecule has 0 aliphatic rings. The summed E-state index contributed by atoms with van der Waals surface area (Å²) in [5.74, 6) is -0.307. The molecular formula is C11H11F6NO. The van der Waals surface area contributed by atoms with E-state index in [-0.39, 0.29) is 11.3 Å². The van der Waals surface area contributed by atoms with Gasteiger partial charge < -0.3 is 10.5 Å². The first kappa shape index (κ1) is 15.6. The maximum atomic E-state index is 12.5. The molecule has 0 aromatic heterocycles. The molecule has 0 aliphatic heterocycles. The van der Waals surface area contributed by atoms with Gasteiger partial charge in [0.05, 0.1) is 5.56 Å². The molecule has 0 amide bonds.